The third-order valence-electron chi connectivity index (χ3n) is 1.18. The van der Waals surface area contributed by atoms with Crippen molar-refractivity contribution < 1.29 is 14.6 Å². The summed E-state index contributed by atoms with van der Waals surface area (Å²) in [7, 11) is 4.67. The van der Waals surface area contributed by atoms with Gasteiger partial charge < -0.3 is 9.84 Å². The average molecular weight is 175 g/mol. The zero-order chi connectivity index (χ0) is 10.1. The maximum Gasteiger partial charge on any atom is 0.331 e. The second kappa shape index (κ2) is 8.23. The number of nitrogens with zero attached hydrogens (tertiary/aromatic N) is 1. The normalized spacial score (nSPS) is 11.2. The quantitative estimate of drug-likeness (QED) is 0.379. The van der Waals surface area contributed by atoms with E-state index in [1.165, 1.54) is 0 Å². The molecule has 0 aromatic carbocycles. The van der Waals surface area contributed by atoms with E-state index in [9.17, 15) is 4.79 Å². The molecule has 1 unspecified atom stereocenters. The Labute approximate surface area is 73.4 Å². The van der Waals surface area contributed by atoms with Gasteiger partial charge in [-0.2, -0.15) is 0 Å². The van der Waals surface area contributed by atoms with Gasteiger partial charge in [0.15, 0.2) is 6.23 Å². The molecule has 0 saturated carbocycles. The van der Waals surface area contributed by atoms with Gasteiger partial charge in [0.2, 0.25) is 0 Å². The molecule has 0 aromatic heterocycles. The fourth-order valence-corrected chi connectivity index (χ4v) is 0.322. The molecule has 0 rings (SSSR count). The van der Waals surface area contributed by atoms with E-state index >= 15 is 0 Å². The van der Waals surface area contributed by atoms with Crippen molar-refractivity contribution in [3.8, 4) is 0 Å². The molecule has 4 nitrogen and oxygen atoms in total. The number of rotatable bonds is 3. The Bertz CT molecular complexity index is 134. The van der Waals surface area contributed by atoms with Gasteiger partial charge in [0.05, 0.1) is 0 Å². The van der Waals surface area contributed by atoms with E-state index in [1.807, 2.05) is 14.1 Å². The van der Waals surface area contributed by atoms with E-state index in [0.29, 0.717) is 0 Å². The number of esters is 1. The Balaban J connectivity index is 0. The first-order chi connectivity index (χ1) is 5.57. The van der Waals surface area contributed by atoms with E-state index in [4.69, 9.17) is 9.84 Å². The highest BCUT2D eigenvalue weighted by Crippen LogP contribution is 1.94. The van der Waals surface area contributed by atoms with Crippen molar-refractivity contribution in [2.45, 2.75) is 13.2 Å². The molecular weight excluding hydrogens is 158 g/mol. The third kappa shape index (κ3) is 7.24. The molecule has 0 heterocycles. The monoisotopic (exact) mass is 175 g/mol. The molecule has 0 aliphatic rings. The van der Waals surface area contributed by atoms with Gasteiger partial charge in [0.25, 0.3) is 0 Å². The van der Waals surface area contributed by atoms with Crippen LogP contribution in [0.1, 0.15) is 6.92 Å². The van der Waals surface area contributed by atoms with Gasteiger partial charge in [-0.05, 0) is 21.0 Å². The first-order valence-electron chi connectivity index (χ1n) is 3.52. The lowest BCUT2D eigenvalue weighted by Gasteiger charge is -2.18. The molecule has 72 valence electrons. The van der Waals surface area contributed by atoms with Crippen molar-refractivity contribution in [1.82, 2.24) is 4.90 Å². The van der Waals surface area contributed by atoms with Gasteiger partial charge >= 0.3 is 5.97 Å². The van der Waals surface area contributed by atoms with Crippen molar-refractivity contribution in [2.24, 2.45) is 0 Å². The topological polar surface area (TPSA) is 49.8 Å². The number of ether oxygens (including phenoxy) is 1. The van der Waals surface area contributed by atoms with Crippen LogP contribution in [0, 0.1) is 0 Å². The zero-order valence-corrected chi connectivity index (χ0v) is 8.07. The SMILES string of the molecule is C=CC(=O)OC(C)N(C)C.CO. The molecule has 1 atom stereocenters. The minimum Gasteiger partial charge on any atom is -0.444 e. The van der Waals surface area contributed by atoms with Gasteiger partial charge in [-0.3, -0.25) is 4.90 Å². The first kappa shape index (κ1) is 13.7. The van der Waals surface area contributed by atoms with E-state index in [0.717, 1.165) is 13.2 Å². The summed E-state index contributed by atoms with van der Waals surface area (Å²) < 4.78 is 4.83. The minimum atomic E-state index is -0.388. The van der Waals surface area contributed by atoms with Crippen LogP contribution in [0.2, 0.25) is 0 Å². The van der Waals surface area contributed by atoms with Crippen molar-refractivity contribution in [1.29, 1.82) is 0 Å². The van der Waals surface area contributed by atoms with E-state index < -0.39 is 0 Å². The fourth-order valence-electron chi connectivity index (χ4n) is 0.322. The fraction of sp³-hybridized carbons (Fsp3) is 0.625. The largest absolute Gasteiger partial charge is 0.444 e. The predicted molar refractivity (Wildman–Crippen MR) is 47.6 cm³/mol. The molecule has 0 aliphatic carbocycles. The summed E-state index contributed by atoms with van der Waals surface area (Å²) in [6, 6.07) is 0. The van der Waals surface area contributed by atoms with Crippen LogP contribution in [0.15, 0.2) is 12.7 Å². The first-order valence-corrected chi connectivity index (χ1v) is 3.52. The summed E-state index contributed by atoms with van der Waals surface area (Å²) in [6.45, 7) is 5.07. The van der Waals surface area contributed by atoms with Crippen LogP contribution in [-0.2, 0) is 9.53 Å². The summed E-state index contributed by atoms with van der Waals surface area (Å²) in [4.78, 5) is 12.4. The van der Waals surface area contributed by atoms with Crippen molar-refractivity contribution in [3.63, 3.8) is 0 Å². The number of aliphatic hydroxyl groups is 1. The summed E-state index contributed by atoms with van der Waals surface area (Å²) in [5.41, 5.74) is 0. The average Bonchev–Trinajstić information content (AvgIpc) is 2.07. The van der Waals surface area contributed by atoms with Crippen LogP contribution < -0.4 is 0 Å². The molecule has 0 saturated heterocycles. The lowest BCUT2D eigenvalue weighted by molar-refractivity contribution is -0.149. The molecular formula is C8H17NO3. The Morgan fingerprint density at radius 2 is 2.00 bits per heavy atom. The number of hydrogen-bond acceptors (Lipinski definition) is 4. The Hall–Kier alpha value is -0.870. The van der Waals surface area contributed by atoms with Crippen LogP contribution in [0.25, 0.3) is 0 Å². The standard InChI is InChI=1S/C7H13NO2.CH4O/c1-5-7(9)10-6(2)8(3)4;1-2/h5-6H,1H2,2-4H3;2H,1H3. The highest BCUT2D eigenvalue weighted by molar-refractivity contribution is 5.81. The summed E-state index contributed by atoms with van der Waals surface area (Å²) in [5.74, 6) is -0.388. The highest BCUT2D eigenvalue weighted by atomic mass is 16.6. The van der Waals surface area contributed by atoms with Crippen molar-refractivity contribution >= 4 is 5.97 Å². The second-order valence-electron chi connectivity index (χ2n) is 2.20. The predicted octanol–water partition coefficient (Wildman–Crippen LogP) is 0.232. The third-order valence-corrected chi connectivity index (χ3v) is 1.18. The Morgan fingerprint density at radius 1 is 1.58 bits per heavy atom. The lowest BCUT2D eigenvalue weighted by atomic mass is 10.6. The molecule has 0 aliphatic heterocycles. The second-order valence-corrected chi connectivity index (χ2v) is 2.20. The number of hydrogen-bond donors (Lipinski definition) is 1. The van der Waals surface area contributed by atoms with Gasteiger partial charge in [-0.25, -0.2) is 4.79 Å². The molecule has 12 heavy (non-hydrogen) atoms. The van der Waals surface area contributed by atoms with E-state index in [1.54, 1.807) is 11.8 Å². The van der Waals surface area contributed by atoms with E-state index in [-0.39, 0.29) is 12.2 Å². The van der Waals surface area contributed by atoms with Crippen LogP contribution >= 0.6 is 0 Å². The molecule has 0 amide bonds. The Kier molecular flexibility index (Phi) is 9.40. The molecule has 0 fully saturated rings. The van der Waals surface area contributed by atoms with Crippen LogP contribution in [0.4, 0.5) is 0 Å². The summed E-state index contributed by atoms with van der Waals surface area (Å²) in [5, 5.41) is 7.00. The maximum absolute atomic E-state index is 10.6. The van der Waals surface area contributed by atoms with Gasteiger partial charge in [-0.15, -0.1) is 0 Å². The molecule has 0 aromatic rings. The van der Waals surface area contributed by atoms with E-state index in [2.05, 4.69) is 6.58 Å². The Morgan fingerprint density at radius 3 is 2.25 bits per heavy atom. The molecule has 0 radical (unpaired) electrons. The van der Waals surface area contributed by atoms with Crippen molar-refractivity contribution in [3.05, 3.63) is 12.7 Å². The lowest BCUT2D eigenvalue weighted by Crippen LogP contribution is -2.29. The number of carbonyl (C=O) groups is 1. The van der Waals surface area contributed by atoms with Gasteiger partial charge in [0, 0.05) is 13.2 Å². The molecule has 1 N–H and O–H groups in total. The molecule has 0 bridgehead atoms. The summed E-state index contributed by atoms with van der Waals surface area (Å²) in [6.07, 6.45) is 0.963. The van der Waals surface area contributed by atoms with Crippen LogP contribution in [0.3, 0.4) is 0 Å². The van der Waals surface area contributed by atoms with Crippen molar-refractivity contribution in [2.75, 3.05) is 21.2 Å². The van der Waals surface area contributed by atoms with Crippen LogP contribution in [-0.4, -0.2) is 43.4 Å². The van der Waals surface area contributed by atoms with Gasteiger partial charge in [0.1, 0.15) is 0 Å². The minimum absolute atomic E-state index is 0.189. The molecule has 4 heteroatoms. The maximum atomic E-state index is 10.6. The molecule has 0 spiro atoms. The summed E-state index contributed by atoms with van der Waals surface area (Å²) >= 11 is 0. The van der Waals surface area contributed by atoms with Gasteiger partial charge in [-0.1, -0.05) is 6.58 Å². The van der Waals surface area contributed by atoms with Crippen LogP contribution in [0.5, 0.6) is 0 Å². The smallest absolute Gasteiger partial charge is 0.331 e. The number of aliphatic hydroxyl groups excluding tert-OH is 1. The zero-order valence-electron chi connectivity index (χ0n) is 8.07. The highest BCUT2D eigenvalue weighted by Gasteiger charge is 2.06. The number of carbonyl (C=O) groups excluding carboxylic acids is 1.